The minimum atomic E-state index is -3.45. The van der Waals surface area contributed by atoms with E-state index in [9.17, 15) is 8.42 Å². The highest BCUT2D eigenvalue weighted by molar-refractivity contribution is 9.10. The average molecular weight is 334 g/mol. The summed E-state index contributed by atoms with van der Waals surface area (Å²) in [6.07, 6.45) is 0. The van der Waals surface area contributed by atoms with Gasteiger partial charge in [-0.3, -0.25) is 4.72 Å². The normalized spacial score (nSPS) is 17.7. The molecule has 0 bridgehead atoms. The van der Waals surface area contributed by atoms with E-state index in [-0.39, 0.29) is 0 Å². The number of piperazine rings is 1. The average Bonchev–Trinajstić information content (AvgIpc) is 2.28. The van der Waals surface area contributed by atoms with Gasteiger partial charge in [-0.2, -0.15) is 12.7 Å². The Labute approximate surface area is 116 Å². The van der Waals surface area contributed by atoms with Gasteiger partial charge in [0.15, 0.2) is 0 Å². The molecule has 1 aliphatic rings. The Bertz CT molecular complexity index is 507. The number of benzene rings is 1. The summed E-state index contributed by atoms with van der Waals surface area (Å²) < 4.78 is 29.2. The first-order chi connectivity index (χ1) is 8.47. The molecule has 0 radical (unpaired) electrons. The molecule has 5 nitrogen and oxygen atoms in total. The van der Waals surface area contributed by atoms with Gasteiger partial charge in [-0.05, 0) is 30.7 Å². The van der Waals surface area contributed by atoms with Gasteiger partial charge in [0.05, 0.1) is 5.69 Å². The van der Waals surface area contributed by atoms with Gasteiger partial charge >= 0.3 is 10.2 Å². The van der Waals surface area contributed by atoms with E-state index >= 15 is 0 Å². The Morgan fingerprint density at radius 3 is 2.56 bits per heavy atom. The third kappa shape index (κ3) is 3.44. The molecule has 0 atom stereocenters. The summed E-state index contributed by atoms with van der Waals surface area (Å²) in [6.45, 7) is 4.31. The third-order valence-electron chi connectivity index (χ3n) is 2.70. The highest BCUT2D eigenvalue weighted by Gasteiger charge is 2.23. The molecule has 1 aromatic rings. The van der Waals surface area contributed by atoms with Crippen molar-refractivity contribution < 1.29 is 8.42 Å². The first kappa shape index (κ1) is 13.8. The minimum absolute atomic E-state index is 0.502. The van der Waals surface area contributed by atoms with Gasteiger partial charge < -0.3 is 5.32 Å². The van der Waals surface area contributed by atoms with Crippen LogP contribution in [0.25, 0.3) is 0 Å². The van der Waals surface area contributed by atoms with E-state index in [2.05, 4.69) is 26.0 Å². The van der Waals surface area contributed by atoms with Crippen molar-refractivity contribution >= 4 is 31.8 Å². The summed E-state index contributed by atoms with van der Waals surface area (Å²) >= 11 is 3.36. The van der Waals surface area contributed by atoms with Crippen molar-refractivity contribution in [2.75, 3.05) is 30.9 Å². The van der Waals surface area contributed by atoms with Crippen molar-refractivity contribution in [3.8, 4) is 0 Å². The largest absolute Gasteiger partial charge is 0.314 e. The quantitative estimate of drug-likeness (QED) is 0.876. The molecule has 1 heterocycles. The molecular formula is C11H16BrN3O2S. The van der Waals surface area contributed by atoms with Crippen molar-refractivity contribution in [3.05, 3.63) is 28.2 Å². The molecule has 1 fully saturated rings. The van der Waals surface area contributed by atoms with Crippen LogP contribution in [0.4, 0.5) is 5.69 Å². The topological polar surface area (TPSA) is 61.4 Å². The molecule has 18 heavy (non-hydrogen) atoms. The molecule has 0 saturated carbocycles. The molecule has 7 heteroatoms. The first-order valence-corrected chi connectivity index (χ1v) is 7.96. The van der Waals surface area contributed by atoms with E-state index in [4.69, 9.17) is 0 Å². The van der Waals surface area contributed by atoms with Crippen LogP contribution < -0.4 is 10.0 Å². The fourth-order valence-corrected chi connectivity index (χ4v) is 3.71. The molecule has 2 N–H and O–H groups in total. The van der Waals surface area contributed by atoms with Crippen molar-refractivity contribution in [2.24, 2.45) is 0 Å². The van der Waals surface area contributed by atoms with Crippen LogP contribution in [0.15, 0.2) is 22.7 Å². The Kier molecular flexibility index (Phi) is 4.26. The second kappa shape index (κ2) is 5.56. The van der Waals surface area contributed by atoms with E-state index in [1.807, 2.05) is 19.1 Å². The summed E-state index contributed by atoms with van der Waals surface area (Å²) in [6, 6.07) is 5.50. The number of nitrogens with zero attached hydrogens (tertiary/aromatic N) is 1. The predicted molar refractivity (Wildman–Crippen MR) is 75.9 cm³/mol. The SMILES string of the molecule is Cc1cc(Br)cc(NS(=O)(=O)N2CCNCC2)c1. The van der Waals surface area contributed by atoms with Gasteiger partial charge in [-0.15, -0.1) is 0 Å². The zero-order valence-electron chi connectivity index (χ0n) is 10.1. The summed E-state index contributed by atoms with van der Waals surface area (Å²) in [5.41, 5.74) is 1.59. The first-order valence-electron chi connectivity index (χ1n) is 5.73. The monoisotopic (exact) mass is 333 g/mol. The van der Waals surface area contributed by atoms with E-state index in [0.717, 1.165) is 10.0 Å². The maximum atomic E-state index is 12.1. The number of hydrogen-bond donors (Lipinski definition) is 2. The van der Waals surface area contributed by atoms with Gasteiger partial charge in [-0.1, -0.05) is 15.9 Å². The van der Waals surface area contributed by atoms with Crippen LogP contribution in [0.1, 0.15) is 5.56 Å². The van der Waals surface area contributed by atoms with E-state index in [1.165, 1.54) is 4.31 Å². The summed E-state index contributed by atoms with van der Waals surface area (Å²) in [7, 11) is -3.45. The van der Waals surface area contributed by atoms with Crippen LogP contribution in [-0.2, 0) is 10.2 Å². The van der Waals surface area contributed by atoms with Gasteiger partial charge in [0, 0.05) is 30.7 Å². The minimum Gasteiger partial charge on any atom is -0.314 e. The molecule has 0 amide bonds. The molecule has 0 aromatic heterocycles. The number of anilines is 1. The molecule has 1 saturated heterocycles. The zero-order valence-corrected chi connectivity index (χ0v) is 12.5. The third-order valence-corrected chi connectivity index (χ3v) is 4.70. The highest BCUT2D eigenvalue weighted by Crippen LogP contribution is 2.20. The number of hydrogen-bond acceptors (Lipinski definition) is 3. The van der Waals surface area contributed by atoms with Crippen LogP contribution >= 0.6 is 15.9 Å². The van der Waals surface area contributed by atoms with Crippen molar-refractivity contribution in [1.29, 1.82) is 0 Å². The van der Waals surface area contributed by atoms with Gasteiger partial charge in [0.1, 0.15) is 0 Å². The molecule has 2 rings (SSSR count). The molecule has 0 aliphatic carbocycles. The molecule has 100 valence electrons. The molecule has 1 aromatic carbocycles. The second-order valence-corrected chi connectivity index (χ2v) is 6.86. The summed E-state index contributed by atoms with van der Waals surface area (Å²) in [4.78, 5) is 0. The highest BCUT2D eigenvalue weighted by atomic mass is 79.9. The van der Waals surface area contributed by atoms with Crippen LogP contribution in [0.5, 0.6) is 0 Å². The maximum Gasteiger partial charge on any atom is 0.301 e. The number of rotatable bonds is 3. The lowest BCUT2D eigenvalue weighted by Gasteiger charge is -2.27. The molecule has 1 aliphatic heterocycles. The Morgan fingerprint density at radius 1 is 1.28 bits per heavy atom. The van der Waals surface area contributed by atoms with Gasteiger partial charge in [0.25, 0.3) is 0 Å². The predicted octanol–water partition coefficient (Wildman–Crippen LogP) is 1.32. The Morgan fingerprint density at radius 2 is 1.94 bits per heavy atom. The zero-order chi connectivity index (χ0) is 13.2. The number of nitrogens with one attached hydrogen (secondary N) is 2. The van der Waals surface area contributed by atoms with Gasteiger partial charge in [0.2, 0.25) is 0 Å². The molecule has 0 spiro atoms. The lowest BCUT2D eigenvalue weighted by Crippen LogP contribution is -2.48. The Balaban J connectivity index is 2.16. The summed E-state index contributed by atoms with van der Waals surface area (Å²) in [5, 5.41) is 3.13. The Hall–Kier alpha value is -0.630. The van der Waals surface area contributed by atoms with E-state index < -0.39 is 10.2 Å². The van der Waals surface area contributed by atoms with Crippen molar-refractivity contribution in [1.82, 2.24) is 9.62 Å². The summed E-state index contributed by atoms with van der Waals surface area (Å²) in [5.74, 6) is 0. The second-order valence-electron chi connectivity index (χ2n) is 4.27. The fraction of sp³-hybridized carbons (Fsp3) is 0.455. The maximum absolute atomic E-state index is 12.1. The standard InChI is InChI=1S/C11H16BrN3O2S/c1-9-6-10(12)8-11(7-9)14-18(16,17)15-4-2-13-3-5-15/h6-8,13-14H,2-5H2,1H3. The molecule has 0 unspecified atom stereocenters. The number of aryl methyl sites for hydroxylation is 1. The lowest BCUT2D eigenvalue weighted by atomic mass is 10.2. The van der Waals surface area contributed by atoms with Crippen LogP contribution in [0, 0.1) is 6.92 Å². The van der Waals surface area contributed by atoms with E-state index in [1.54, 1.807) is 6.07 Å². The fourth-order valence-electron chi connectivity index (χ4n) is 1.89. The van der Waals surface area contributed by atoms with Crippen LogP contribution in [0.2, 0.25) is 0 Å². The lowest BCUT2D eigenvalue weighted by molar-refractivity contribution is 0.362. The molecular weight excluding hydrogens is 318 g/mol. The van der Waals surface area contributed by atoms with Crippen molar-refractivity contribution in [2.45, 2.75) is 6.92 Å². The van der Waals surface area contributed by atoms with Crippen molar-refractivity contribution in [3.63, 3.8) is 0 Å². The van der Waals surface area contributed by atoms with Crippen LogP contribution in [-0.4, -0.2) is 38.9 Å². The van der Waals surface area contributed by atoms with Gasteiger partial charge in [-0.25, -0.2) is 0 Å². The smallest absolute Gasteiger partial charge is 0.301 e. The van der Waals surface area contributed by atoms with Crippen LogP contribution in [0.3, 0.4) is 0 Å². The number of halogens is 1. The van der Waals surface area contributed by atoms with E-state index in [0.29, 0.717) is 31.9 Å².